The number of aromatic carboxylic acids is 1. The minimum absolute atomic E-state index is 0.211. The van der Waals surface area contributed by atoms with Gasteiger partial charge in [-0.05, 0) is 49.2 Å². The van der Waals surface area contributed by atoms with E-state index in [4.69, 9.17) is 10.8 Å². The molecule has 0 radical (unpaired) electrons. The number of anilines is 1. The fourth-order valence-corrected chi connectivity index (χ4v) is 2.73. The van der Waals surface area contributed by atoms with Gasteiger partial charge in [0.05, 0.1) is 5.56 Å². The first-order valence-corrected chi connectivity index (χ1v) is 6.67. The maximum atomic E-state index is 10.9. The van der Waals surface area contributed by atoms with Crippen molar-refractivity contribution in [2.45, 2.75) is 23.6 Å². The quantitative estimate of drug-likeness (QED) is 0.836. The van der Waals surface area contributed by atoms with E-state index in [-0.39, 0.29) is 5.56 Å². The molecule has 0 aliphatic heterocycles. The summed E-state index contributed by atoms with van der Waals surface area (Å²) >= 11 is 1.56. The van der Waals surface area contributed by atoms with Gasteiger partial charge in [0.25, 0.3) is 0 Å². The predicted octanol–water partition coefficient (Wildman–Crippen LogP) is 3.74. The Morgan fingerprint density at radius 1 is 1.11 bits per heavy atom. The molecule has 3 nitrogen and oxygen atoms in total. The highest BCUT2D eigenvalue weighted by molar-refractivity contribution is 7.99. The molecule has 0 aliphatic rings. The monoisotopic (exact) mass is 273 g/mol. The molecule has 2 aromatic carbocycles. The zero-order valence-corrected chi connectivity index (χ0v) is 11.6. The molecule has 0 spiro atoms. The minimum Gasteiger partial charge on any atom is -0.478 e. The summed E-state index contributed by atoms with van der Waals surface area (Å²) < 4.78 is 0. The Morgan fingerprint density at radius 2 is 1.84 bits per heavy atom. The van der Waals surface area contributed by atoms with E-state index in [9.17, 15) is 4.79 Å². The first-order chi connectivity index (χ1) is 8.97. The van der Waals surface area contributed by atoms with Gasteiger partial charge in [0.2, 0.25) is 0 Å². The summed E-state index contributed by atoms with van der Waals surface area (Å²) in [6.45, 7) is 4.09. The van der Waals surface area contributed by atoms with Crippen molar-refractivity contribution in [3.05, 3.63) is 53.1 Å². The van der Waals surface area contributed by atoms with Gasteiger partial charge in [0.1, 0.15) is 0 Å². The Bertz CT molecular complexity index is 638. The molecule has 0 saturated heterocycles. The Hall–Kier alpha value is -1.94. The average molecular weight is 273 g/mol. The highest BCUT2D eigenvalue weighted by atomic mass is 32.2. The third-order valence-corrected chi connectivity index (χ3v) is 4.07. The number of rotatable bonds is 3. The number of benzene rings is 2. The van der Waals surface area contributed by atoms with E-state index >= 15 is 0 Å². The van der Waals surface area contributed by atoms with Crippen LogP contribution in [-0.4, -0.2) is 11.1 Å². The molecule has 0 aliphatic carbocycles. The summed E-state index contributed by atoms with van der Waals surface area (Å²) in [4.78, 5) is 12.9. The van der Waals surface area contributed by atoms with E-state index in [1.54, 1.807) is 23.9 Å². The van der Waals surface area contributed by atoms with Crippen molar-refractivity contribution in [1.82, 2.24) is 0 Å². The molecule has 0 atom stereocenters. The van der Waals surface area contributed by atoms with E-state index in [0.717, 1.165) is 9.79 Å². The maximum Gasteiger partial charge on any atom is 0.335 e. The molecule has 0 bridgehead atoms. The van der Waals surface area contributed by atoms with Gasteiger partial charge < -0.3 is 10.8 Å². The lowest BCUT2D eigenvalue weighted by molar-refractivity contribution is 0.0697. The smallest absolute Gasteiger partial charge is 0.335 e. The second-order valence-corrected chi connectivity index (χ2v) is 5.51. The van der Waals surface area contributed by atoms with Crippen molar-refractivity contribution < 1.29 is 9.90 Å². The molecule has 0 unspecified atom stereocenters. The number of carboxylic acid groups (broad SMARTS) is 1. The van der Waals surface area contributed by atoms with Gasteiger partial charge in [-0.3, -0.25) is 0 Å². The Morgan fingerprint density at radius 3 is 2.47 bits per heavy atom. The van der Waals surface area contributed by atoms with Crippen LogP contribution in [0.5, 0.6) is 0 Å². The van der Waals surface area contributed by atoms with Crippen LogP contribution in [0.4, 0.5) is 5.69 Å². The standard InChI is InChI=1S/C15H15NO2S/c1-9-3-4-10(2)14(7-9)19-13-6-5-11(15(17)18)8-12(13)16/h3-8H,16H2,1-2H3,(H,17,18). The van der Waals surface area contributed by atoms with Gasteiger partial charge in [-0.15, -0.1) is 0 Å². The second-order valence-electron chi connectivity index (χ2n) is 4.43. The summed E-state index contributed by atoms with van der Waals surface area (Å²) in [5.74, 6) is -0.963. The first kappa shape index (κ1) is 13.5. The number of hydrogen-bond acceptors (Lipinski definition) is 3. The second kappa shape index (κ2) is 5.36. The zero-order chi connectivity index (χ0) is 14.0. The highest BCUT2D eigenvalue weighted by Gasteiger charge is 2.08. The lowest BCUT2D eigenvalue weighted by atomic mass is 10.2. The number of hydrogen-bond donors (Lipinski definition) is 2. The molecular formula is C15H15NO2S. The number of aryl methyl sites for hydroxylation is 2. The van der Waals surface area contributed by atoms with Crippen molar-refractivity contribution >= 4 is 23.4 Å². The first-order valence-electron chi connectivity index (χ1n) is 5.85. The maximum absolute atomic E-state index is 10.9. The molecule has 2 aromatic rings. The molecule has 0 amide bonds. The van der Waals surface area contributed by atoms with E-state index in [0.29, 0.717) is 5.69 Å². The van der Waals surface area contributed by atoms with Crippen molar-refractivity contribution in [2.24, 2.45) is 0 Å². The molecule has 3 N–H and O–H groups in total. The molecule has 19 heavy (non-hydrogen) atoms. The highest BCUT2D eigenvalue weighted by Crippen LogP contribution is 2.34. The van der Waals surface area contributed by atoms with Crippen LogP contribution in [0.1, 0.15) is 21.5 Å². The number of carbonyl (C=O) groups is 1. The van der Waals surface area contributed by atoms with Crippen LogP contribution >= 0.6 is 11.8 Å². The molecule has 0 fully saturated rings. The summed E-state index contributed by atoms with van der Waals surface area (Å²) in [5.41, 5.74) is 8.98. The van der Waals surface area contributed by atoms with Crippen molar-refractivity contribution in [3.8, 4) is 0 Å². The van der Waals surface area contributed by atoms with Gasteiger partial charge in [0, 0.05) is 15.5 Å². The van der Waals surface area contributed by atoms with Crippen molar-refractivity contribution in [1.29, 1.82) is 0 Å². The van der Waals surface area contributed by atoms with Crippen molar-refractivity contribution in [3.63, 3.8) is 0 Å². The summed E-state index contributed by atoms with van der Waals surface area (Å²) in [5, 5.41) is 8.91. The minimum atomic E-state index is -0.963. The van der Waals surface area contributed by atoms with Crippen LogP contribution in [0.15, 0.2) is 46.2 Å². The molecule has 0 heterocycles. The Labute approximate surface area is 116 Å². The predicted molar refractivity (Wildman–Crippen MR) is 77.9 cm³/mol. The summed E-state index contributed by atoms with van der Waals surface area (Å²) in [7, 11) is 0. The Balaban J connectivity index is 2.33. The van der Waals surface area contributed by atoms with Gasteiger partial charge in [0.15, 0.2) is 0 Å². The Kier molecular flexibility index (Phi) is 3.81. The molecule has 98 valence electrons. The fraction of sp³-hybridized carbons (Fsp3) is 0.133. The molecule has 0 saturated carbocycles. The molecule has 2 rings (SSSR count). The third-order valence-electron chi connectivity index (χ3n) is 2.82. The topological polar surface area (TPSA) is 63.3 Å². The largest absolute Gasteiger partial charge is 0.478 e. The summed E-state index contributed by atoms with van der Waals surface area (Å²) in [6.07, 6.45) is 0. The van der Waals surface area contributed by atoms with Gasteiger partial charge in [-0.2, -0.15) is 0 Å². The van der Waals surface area contributed by atoms with E-state index < -0.39 is 5.97 Å². The SMILES string of the molecule is Cc1ccc(C)c(Sc2ccc(C(=O)O)cc2N)c1. The van der Waals surface area contributed by atoms with E-state index in [1.807, 2.05) is 13.8 Å². The van der Waals surface area contributed by atoms with Crippen LogP contribution < -0.4 is 5.73 Å². The van der Waals surface area contributed by atoms with Crippen molar-refractivity contribution in [2.75, 3.05) is 5.73 Å². The van der Waals surface area contributed by atoms with Gasteiger partial charge in [-0.1, -0.05) is 23.9 Å². The lowest BCUT2D eigenvalue weighted by Gasteiger charge is -2.09. The summed E-state index contributed by atoms with van der Waals surface area (Å²) in [6, 6.07) is 11.1. The zero-order valence-electron chi connectivity index (χ0n) is 10.8. The van der Waals surface area contributed by atoms with Crippen LogP contribution in [0.25, 0.3) is 0 Å². The number of carboxylic acids is 1. The average Bonchev–Trinajstić information content (AvgIpc) is 2.36. The van der Waals surface area contributed by atoms with Crippen LogP contribution in [0.2, 0.25) is 0 Å². The molecule has 4 heteroatoms. The third kappa shape index (κ3) is 3.09. The number of nitrogens with two attached hydrogens (primary N) is 1. The van der Waals surface area contributed by atoms with Crippen LogP contribution in [-0.2, 0) is 0 Å². The fourth-order valence-electron chi connectivity index (χ4n) is 1.71. The number of nitrogen functional groups attached to an aromatic ring is 1. The van der Waals surface area contributed by atoms with Crippen LogP contribution in [0, 0.1) is 13.8 Å². The van der Waals surface area contributed by atoms with E-state index in [2.05, 4.69) is 18.2 Å². The lowest BCUT2D eigenvalue weighted by Crippen LogP contribution is -1.98. The van der Waals surface area contributed by atoms with Gasteiger partial charge >= 0.3 is 5.97 Å². The van der Waals surface area contributed by atoms with Crippen LogP contribution in [0.3, 0.4) is 0 Å². The normalized spacial score (nSPS) is 10.4. The van der Waals surface area contributed by atoms with E-state index in [1.165, 1.54) is 17.2 Å². The molecule has 0 aromatic heterocycles. The van der Waals surface area contributed by atoms with Gasteiger partial charge in [-0.25, -0.2) is 4.79 Å². The molecular weight excluding hydrogens is 258 g/mol.